The molecule has 0 aliphatic carbocycles. The van der Waals surface area contributed by atoms with E-state index >= 15 is 0 Å². The number of furan rings is 1. The van der Waals surface area contributed by atoms with Crippen molar-refractivity contribution < 1.29 is 9.21 Å². The van der Waals surface area contributed by atoms with Crippen LogP contribution in [0.5, 0.6) is 0 Å². The minimum absolute atomic E-state index is 0.0298. The quantitative estimate of drug-likeness (QED) is 0.908. The Bertz CT molecular complexity index is 630. The summed E-state index contributed by atoms with van der Waals surface area (Å²) in [4.78, 5) is 14.4. The minimum atomic E-state index is -0.0298. The molecule has 1 saturated heterocycles. The number of carbonyl (C=O) groups excluding carboxylic acids is 1. The summed E-state index contributed by atoms with van der Waals surface area (Å²) >= 11 is 5.77. The standard InChI is InChI=1S/C16H19ClN4O2/c17-14-5-6-15(20-19-14)21-9-1-3-12(11-21)16(22)18-8-7-13-4-2-10-23-13/h2,4-6,10,12H,1,3,7-9,11H2,(H,18,22)/t12-/m0/s1. The zero-order chi connectivity index (χ0) is 16.1. The molecule has 1 aliphatic rings. The van der Waals surface area contributed by atoms with Gasteiger partial charge in [0.25, 0.3) is 0 Å². The van der Waals surface area contributed by atoms with Crippen LogP contribution >= 0.6 is 11.6 Å². The number of anilines is 1. The van der Waals surface area contributed by atoms with Crippen molar-refractivity contribution in [3.05, 3.63) is 41.4 Å². The Morgan fingerprint density at radius 2 is 2.30 bits per heavy atom. The lowest BCUT2D eigenvalue weighted by Gasteiger charge is -2.32. The van der Waals surface area contributed by atoms with Gasteiger partial charge in [0.2, 0.25) is 5.91 Å². The topological polar surface area (TPSA) is 71.3 Å². The Morgan fingerprint density at radius 3 is 3.04 bits per heavy atom. The predicted molar refractivity (Wildman–Crippen MR) is 87.4 cm³/mol. The Hall–Kier alpha value is -2.08. The van der Waals surface area contributed by atoms with Crippen LogP contribution in [0.4, 0.5) is 5.82 Å². The van der Waals surface area contributed by atoms with Crippen LogP contribution in [0.25, 0.3) is 0 Å². The molecule has 0 aromatic carbocycles. The average molecular weight is 335 g/mol. The summed E-state index contributed by atoms with van der Waals surface area (Å²) in [7, 11) is 0. The lowest BCUT2D eigenvalue weighted by atomic mass is 9.97. The van der Waals surface area contributed by atoms with E-state index in [1.165, 1.54) is 0 Å². The summed E-state index contributed by atoms with van der Waals surface area (Å²) < 4.78 is 5.26. The number of rotatable bonds is 5. The van der Waals surface area contributed by atoms with Gasteiger partial charge in [0, 0.05) is 26.1 Å². The van der Waals surface area contributed by atoms with Gasteiger partial charge in [-0.2, -0.15) is 0 Å². The Labute approximate surface area is 139 Å². The monoisotopic (exact) mass is 334 g/mol. The lowest BCUT2D eigenvalue weighted by molar-refractivity contribution is -0.125. The normalized spacial score (nSPS) is 18.0. The molecular weight excluding hydrogens is 316 g/mol. The van der Waals surface area contributed by atoms with Crippen molar-refractivity contribution in [3.63, 3.8) is 0 Å². The number of hydrogen-bond acceptors (Lipinski definition) is 5. The van der Waals surface area contributed by atoms with E-state index in [1.807, 2.05) is 18.2 Å². The molecule has 2 aromatic rings. The molecular formula is C16H19ClN4O2. The van der Waals surface area contributed by atoms with Crippen molar-refractivity contribution in [1.82, 2.24) is 15.5 Å². The first-order chi connectivity index (χ1) is 11.2. The number of nitrogens with zero attached hydrogens (tertiary/aromatic N) is 3. The van der Waals surface area contributed by atoms with Gasteiger partial charge in [-0.1, -0.05) is 11.6 Å². The first-order valence-electron chi connectivity index (χ1n) is 7.76. The van der Waals surface area contributed by atoms with Crippen molar-refractivity contribution >= 4 is 23.3 Å². The first kappa shape index (κ1) is 15.8. The van der Waals surface area contributed by atoms with E-state index in [1.54, 1.807) is 12.3 Å². The van der Waals surface area contributed by atoms with Crippen molar-refractivity contribution in [1.29, 1.82) is 0 Å². The maximum absolute atomic E-state index is 12.3. The molecule has 122 valence electrons. The summed E-state index contributed by atoms with van der Waals surface area (Å²) in [5.41, 5.74) is 0. The molecule has 1 aliphatic heterocycles. The molecule has 0 bridgehead atoms. The molecule has 2 aromatic heterocycles. The fraction of sp³-hybridized carbons (Fsp3) is 0.438. The maximum Gasteiger partial charge on any atom is 0.224 e. The second kappa shape index (κ2) is 7.46. The smallest absolute Gasteiger partial charge is 0.224 e. The van der Waals surface area contributed by atoms with Gasteiger partial charge < -0.3 is 14.6 Å². The van der Waals surface area contributed by atoms with Crippen LogP contribution in [0, 0.1) is 5.92 Å². The van der Waals surface area contributed by atoms with Crippen LogP contribution < -0.4 is 10.2 Å². The third-order valence-electron chi connectivity index (χ3n) is 3.98. The van der Waals surface area contributed by atoms with E-state index in [0.717, 1.165) is 31.0 Å². The molecule has 0 spiro atoms. The fourth-order valence-corrected chi connectivity index (χ4v) is 2.89. The van der Waals surface area contributed by atoms with E-state index in [-0.39, 0.29) is 11.8 Å². The van der Waals surface area contributed by atoms with E-state index in [9.17, 15) is 4.79 Å². The van der Waals surface area contributed by atoms with Gasteiger partial charge in [0.1, 0.15) is 5.76 Å². The molecule has 0 unspecified atom stereocenters. The van der Waals surface area contributed by atoms with Gasteiger partial charge in [-0.25, -0.2) is 0 Å². The van der Waals surface area contributed by atoms with E-state index in [0.29, 0.717) is 24.7 Å². The molecule has 23 heavy (non-hydrogen) atoms. The number of hydrogen-bond donors (Lipinski definition) is 1. The van der Waals surface area contributed by atoms with E-state index < -0.39 is 0 Å². The molecule has 0 radical (unpaired) electrons. The van der Waals surface area contributed by atoms with Crippen molar-refractivity contribution in [2.45, 2.75) is 19.3 Å². The molecule has 1 atom stereocenters. The van der Waals surface area contributed by atoms with Crippen molar-refractivity contribution in [3.8, 4) is 0 Å². The molecule has 3 rings (SSSR count). The van der Waals surface area contributed by atoms with Gasteiger partial charge in [-0.3, -0.25) is 4.79 Å². The summed E-state index contributed by atoms with van der Waals surface area (Å²) in [6.07, 6.45) is 4.20. The molecule has 0 saturated carbocycles. The Morgan fingerprint density at radius 1 is 1.39 bits per heavy atom. The summed E-state index contributed by atoms with van der Waals surface area (Å²) in [6.45, 7) is 2.12. The molecule has 7 heteroatoms. The van der Waals surface area contributed by atoms with Crippen molar-refractivity contribution in [2.24, 2.45) is 5.92 Å². The third kappa shape index (κ3) is 4.22. The number of halogens is 1. The van der Waals surface area contributed by atoms with Crippen LogP contribution in [-0.2, 0) is 11.2 Å². The average Bonchev–Trinajstić information content (AvgIpc) is 3.09. The van der Waals surface area contributed by atoms with Gasteiger partial charge in [0.05, 0.1) is 12.2 Å². The second-order valence-corrected chi connectivity index (χ2v) is 6.01. The highest BCUT2D eigenvalue weighted by molar-refractivity contribution is 6.29. The van der Waals surface area contributed by atoms with Crippen molar-refractivity contribution in [2.75, 3.05) is 24.5 Å². The number of aromatic nitrogens is 2. The lowest BCUT2D eigenvalue weighted by Crippen LogP contribution is -2.43. The SMILES string of the molecule is O=C(NCCc1ccco1)[C@H]1CCCN(c2ccc(Cl)nn2)C1. The zero-order valence-electron chi connectivity index (χ0n) is 12.7. The third-order valence-corrected chi connectivity index (χ3v) is 4.19. The summed E-state index contributed by atoms with van der Waals surface area (Å²) in [5, 5.41) is 11.3. The first-order valence-corrected chi connectivity index (χ1v) is 8.14. The van der Waals surface area contributed by atoms with Gasteiger partial charge >= 0.3 is 0 Å². The van der Waals surface area contributed by atoms with Crippen LogP contribution in [0.2, 0.25) is 5.15 Å². The molecule has 3 heterocycles. The number of nitrogens with one attached hydrogen (secondary N) is 1. The largest absolute Gasteiger partial charge is 0.469 e. The number of carbonyl (C=O) groups is 1. The van der Waals surface area contributed by atoms with Crippen LogP contribution in [0.1, 0.15) is 18.6 Å². The van der Waals surface area contributed by atoms with Gasteiger partial charge in [-0.15, -0.1) is 10.2 Å². The van der Waals surface area contributed by atoms with Crippen LogP contribution in [0.15, 0.2) is 34.9 Å². The van der Waals surface area contributed by atoms with Gasteiger partial charge in [-0.05, 0) is 37.1 Å². The van der Waals surface area contributed by atoms with Gasteiger partial charge in [0.15, 0.2) is 11.0 Å². The highest BCUT2D eigenvalue weighted by Gasteiger charge is 2.26. The zero-order valence-corrected chi connectivity index (χ0v) is 13.5. The van der Waals surface area contributed by atoms with Crippen LogP contribution in [-0.4, -0.2) is 35.7 Å². The summed E-state index contributed by atoms with van der Waals surface area (Å²) in [5.74, 6) is 1.70. The minimum Gasteiger partial charge on any atom is -0.469 e. The van der Waals surface area contributed by atoms with Crippen LogP contribution in [0.3, 0.4) is 0 Å². The number of amides is 1. The van der Waals surface area contributed by atoms with E-state index in [2.05, 4.69) is 20.4 Å². The predicted octanol–water partition coefficient (Wildman–Crippen LogP) is 2.30. The highest BCUT2D eigenvalue weighted by atomic mass is 35.5. The maximum atomic E-state index is 12.3. The molecule has 1 fully saturated rings. The fourth-order valence-electron chi connectivity index (χ4n) is 2.78. The molecule has 6 nitrogen and oxygen atoms in total. The Balaban J connectivity index is 1.51. The molecule has 1 amide bonds. The van der Waals surface area contributed by atoms with E-state index in [4.69, 9.17) is 16.0 Å². The summed E-state index contributed by atoms with van der Waals surface area (Å²) in [6, 6.07) is 7.32. The molecule has 1 N–H and O–H groups in total. The number of piperidine rings is 1. The second-order valence-electron chi connectivity index (χ2n) is 5.62. The highest BCUT2D eigenvalue weighted by Crippen LogP contribution is 2.21. The Kier molecular flexibility index (Phi) is 5.12.